The van der Waals surface area contributed by atoms with Crippen LogP contribution in [0.4, 0.5) is 4.39 Å². The molecular weight excluding hydrogens is 683 g/mol. The maximum Gasteiger partial charge on any atom is 1.00 e. The molecule has 3 aliphatic rings. The summed E-state index contributed by atoms with van der Waals surface area (Å²) >= 11 is 3.42. The molecule has 0 aromatic heterocycles. The molecule has 0 saturated carbocycles. The van der Waals surface area contributed by atoms with Gasteiger partial charge >= 0.3 is 80.9 Å². The van der Waals surface area contributed by atoms with Crippen LogP contribution in [0.3, 0.4) is 0 Å². The minimum absolute atomic E-state index is 0. The van der Waals surface area contributed by atoms with E-state index in [0.717, 1.165) is 43.9 Å². The zero-order valence-corrected chi connectivity index (χ0v) is 33.3. The monoisotopic (exact) mass is 724 g/mol. The Hall–Kier alpha value is -0.554. The first kappa shape index (κ1) is 44.4. The van der Waals surface area contributed by atoms with Gasteiger partial charge in [-0.3, -0.25) is 9.18 Å². The summed E-state index contributed by atoms with van der Waals surface area (Å²) in [5.41, 5.74) is 22.9. The van der Waals surface area contributed by atoms with E-state index in [1.807, 2.05) is 6.07 Å². The minimum atomic E-state index is -1.00. The van der Waals surface area contributed by atoms with Crippen LogP contribution < -0.4 is 92.0 Å². The third kappa shape index (κ3) is 17.4. The smallest absolute Gasteiger partial charge is 0.870 e. The van der Waals surface area contributed by atoms with Gasteiger partial charge in [0.05, 0.1) is 48.2 Å². The van der Waals surface area contributed by atoms with Gasteiger partial charge in [-0.15, -0.1) is 0 Å². The number of carbonyl (C=O) groups excluding carboxylic acids is 2. The van der Waals surface area contributed by atoms with Crippen molar-refractivity contribution in [3.05, 3.63) is 110 Å². The van der Waals surface area contributed by atoms with Crippen LogP contribution in [0, 0.1) is 0 Å². The number of halogens is 2. The fourth-order valence-corrected chi connectivity index (χ4v) is 4.57. The van der Waals surface area contributed by atoms with Crippen LogP contribution in [0.15, 0.2) is 54.6 Å². The molecule has 0 radical (unpaired) electrons. The number of ether oxygens (including phenoxy) is 3. The van der Waals surface area contributed by atoms with Crippen molar-refractivity contribution >= 4 is 27.7 Å². The molecule has 3 aliphatic heterocycles. The predicted octanol–water partition coefficient (Wildman–Crippen LogP) is 0.142. The molecule has 45 heavy (non-hydrogen) atoms. The van der Waals surface area contributed by atoms with Crippen molar-refractivity contribution in [1.82, 2.24) is 5.32 Å². The summed E-state index contributed by atoms with van der Waals surface area (Å²) in [6, 6.07) is 19.0. The molecule has 6 rings (SSSR count). The maximum absolute atomic E-state index is 10.7. The molecule has 0 aliphatic carbocycles. The van der Waals surface area contributed by atoms with Crippen molar-refractivity contribution in [3.63, 3.8) is 0 Å². The second kappa shape index (κ2) is 26.4. The minimum Gasteiger partial charge on any atom is -0.870 e. The quantitative estimate of drug-likeness (QED) is 0.287. The van der Waals surface area contributed by atoms with Crippen molar-refractivity contribution in [1.29, 1.82) is 0 Å². The van der Waals surface area contributed by atoms with E-state index in [-0.39, 0.29) is 92.3 Å². The molecular formula is C32H41BrFKN3NaO6. The van der Waals surface area contributed by atoms with Gasteiger partial charge in [0, 0.05) is 31.3 Å². The zero-order valence-electron chi connectivity index (χ0n) is 27.6. The van der Waals surface area contributed by atoms with Crippen LogP contribution in [0.2, 0.25) is 0 Å². The molecule has 2 amide bonds. The topological polar surface area (TPSA) is 154 Å². The number of amides is 2. The van der Waals surface area contributed by atoms with E-state index in [1.165, 1.54) is 58.4 Å². The van der Waals surface area contributed by atoms with Gasteiger partial charge in [0.1, 0.15) is 0 Å². The standard InChI is InChI=1S/C11H13NO2.C9H9BrO.C9H11NO.C2H5NO.CH3F.K.Na.H2O/c1-8(13)12-5-9-2-3-10-6-14-7-11(10)4-9;2*10-4-7-1-2-8-5-11-6-9(8)3-7;1-2(3)4;1-2;;;/h2-4H,5-7H2,1H3,(H,12,13);1-3H,4-6H2;1-3H,4-6,10H2;1H3,(H2,3,4);1H3;;;1H2/q;;;;;2*+1;/p-2/i;;;;1D;;;. The second-order valence-corrected chi connectivity index (χ2v) is 10.2. The fourth-order valence-electron chi connectivity index (χ4n) is 4.22. The summed E-state index contributed by atoms with van der Waals surface area (Å²) in [4.78, 5) is 19.8. The van der Waals surface area contributed by atoms with Crippen LogP contribution in [0.5, 0.6) is 0 Å². The molecule has 9 nitrogen and oxygen atoms in total. The van der Waals surface area contributed by atoms with E-state index >= 15 is 0 Å². The average molecular weight is 726 g/mol. The zero-order chi connectivity index (χ0) is 31.6. The summed E-state index contributed by atoms with van der Waals surface area (Å²) in [6.45, 7) is 8.45. The Kier molecular flexibility index (Phi) is 26.1. The molecule has 3 heterocycles. The number of rotatable bonds is 4. The number of benzene rings is 3. The molecule has 3 aromatic rings. The molecule has 13 heteroatoms. The third-order valence-electron chi connectivity index (χ3n) is 6.29. The summed E-state index contributed by atoms with van der Waals surface area (Å²) in [7, 11) is -1.00. The summed E-state index contributed by atoms with van der Waals surface area (Å²) < 4.78 is 31.4. The normalized spacial score (nSPS) is 12.6. The number of hydrogen-bond donors (Lipinski definition) is 2. The number of nitrogens with two attached hydrogens (primary N) is 1. The Morgan fingerprint density at radius 2 is 1.16 bits per heavy atom. The van der Waals surface area contributed by atoms with Crippen molar-refractivity contribution in [2.75, 3.05) is 7.15 Å². The van der Waals surface area contributed by atoms with Crippen molar-refractivity contribution in [2.24, 2.45) is 5.73 Å². The number of hydrogen-bond acceptors (Lipinski definition) is 7. The van der Waals surface area contributed by atoms with E-state index in [1.54, 1.807) is 0 Å². The SMILES string of the molecule is BrCc1ccc2c(c1)COC2.CC(=O)NCc1ccc2c(c1)COC2.CC([NH-])=O.NCc1ccc2c(c1)COC2.[2H]CF.[K+].[Na+].[OH-]. The number of nitrogens with one attached hydrogen (secondary N) is 2. The second-order valence-electron chi connectivity index (χ2n) is 9.59. The van der Waals surface area contributed by atoms with E-state index in [2.05, 4.69) is 69.8 Å². The van der Waals surface area contributed by atoms with Gasteiger partial charge in [-0.1, -0.05) is 70.5 Å². The predicted molar refractivity (Wildman–Crippen MR) is 167 cm³/mol. The molecule has 0 fully saturated rings. The Balaban J connectivity index is 0. The summed E-state index contributed by atoms with van der Waals surface area (Å²) in [6.07, 6.45) is 0. The molecule has 0 spiro atoms. The van der Waals surface area contributed by atoms with Crippen LogP contribution in [0.1, 0.15) is 65.3 Å². The van der Waals surface area contributed by atoms with Crippen molar-refractivity contribution in [2.45, 2.75) is 71.9 Å². The Labute approximate surface area is 340 Å². The fraction of sp³-hybridized carbons (Fsp3) is 0.375. The summed E-state index contributed by atoms with van der Waals surface area (Å²) in [5, 5.41) is 3.70. The van der Waals surface area contributed by atoms with Gasteiger partial charge in [-0.05, 0) is 57.0 Å². The van der Waals surface area contributed by atoms with Crippen molar-refractivity contribution < 1.29 is 116 Å². The Morgan fingerprint density at radius 3 is 1.53 bits per heavy atom. The Morgan fingerprint density at radius 1 is 0.822 bits per heavy atom. The van der Waals surface area contributed by atoms with Gasteiger partial charge in [0.25, 0.3) is 0 Å². The molecule has 0 saturated heterocycles. The molecule has 236 valence electrons. The van der Waals surface area contributed by atoms with Crippen LogP contribution in [-0.2, 0) is 81.9 Å². The van der Waals surface area contributed by atoms with E-state index < -0.39 is 13.1 Å². The van der Waals surface area contributed by atoms with Crippen molar-refractivity contribution in [3.8, 4) is 0 Å². The largest absolute Gasteiger partial charge is 1.00 e. The average Bonchev–Trinajstić information content (AvgIpc) is 3.76. The van der Waals surface area contributed by atoms with Gasteiger partial charge in [0.15, 0.2) is 0 Å². The van der Waals surface area contributed by atoms with Gasteiger partial charge in [-0.25, -0.2) is 0 Å². The first-order valence-corrected chi connectivity index (χ1v) is 14.5. The van der Waals surface area contributed by atoms with Gasteiger partial charge < -0.3 is 41.3 Å². The third-order valence-corrected chi connectivity index (χ3v) is 6.94. The van der Waals surface area contributed by atoms with Crippen LogP contribution in [-0.4, -0.2) is 24.4 Å². The van der Waals surface area contributed by atoms with Gasteiger partial charge in [-0.2, -0.15) is 0 Å². The molecule has 0 bridgehead atoms. The van der Waals surface area contributed by atoms with Crippen LogP contribution in [0.25, 0.3) is 5.73 Å². The first-order valence-electron chi connectivity index (χ1n) is 14.0. The maximum atomic E-state index is 10.7. The number of carbonyl (C=O) groups is 2. The first-order chi connectivity index (χ1) is 20.7. The molecule has 0 unspecified atom stereocenters. The van der Waals surface area contributed by atoms with E-state index in [4.69, 9.17) is 31.8 Å². The number of alkyl halides is 2. The van der Waals surface area contributed by atoms with Crippen LogP contribution >= 0.6 is 15.9 Å². The molecule has 3 aromatic carbocycles. The van der Waals surface area contributed by atoms with E-state index in [0.29, 0.717) is 19.7 Å². The number of fused-ring (bicyclic) bond motifs is 3. The molecule has 0 atom stereocenters. The molecule has 5 N–H and O–H groups in total. The van der Waals surface area contributed by atoms with E-state index in [9.17, 15) is 9.18 Å². The summed E-state index contributed by atoms with van der Waals surface area (Å²) in [5.74, 6) is -0.582. The Bertz CT molecular complexity index is 1280. The van der Waals surface area contributed by atoms with Gasteiger partial charge in [0.2, 0.25) is 5.91 Å².